The highest BCUT2D eigenvalue weighted by Gasteiger charge is 2.20. The van der Waals surface area contributed by atoms with Crippen LogP contribution >= 0.6 is 11.3 Å². The quantitative estimate of drug-likeness (QED) is 0.573. The van der Waals surface area contributed by atoms with Crippen molar-refractivity contribution < 1.29 is 18.0 Å². The van der Waals surface area contributed by atoms with Gasteiger partial charge in [0.15, 0.2) is 0 Å². The third kappa shape index (κ3) is 6.43. The first-order valence-electron chi connectivity index (χ1n) is 8.85. The number of hydrogen-bond donors (Lipinski definition) is 3. The van der Waals surface area contributed by atoms with Crippen LogP contribution in [-0.2, 0) is 19.6 Å². The van der Waals surface area contributed by atoms with Crippen LogP contribution < -0.4 is 15.4 Å². The predicted octanol–water partition coefficient (Wildman–Crippen LogP) is 1.96. The summed E-state index contributed by atoms with van der Waals surface area (Å²) in [4.78, 5) is 25.2. The maximum absolute atomic E-state index is 12.2. The van der Waals surface area contributed by atoms with Gasteiger partial charge >= 0.3 is 0 Å². The fraction of sp³-hybridized carbons (Fsp3) is 0.368. The summed E-state index contributed by atoms with van der Waals surface area (Å²) in [6.45, 7) is 5.19. The van der Waals surface area contributed by atoms with Crippen LogP contribution in [0.15, 0.2) is 46.7 Å². The molecule has 2 amide bonds. The minimum Gasteiger partial charge on any atom is -0.347 e. The molecule has 7 nitrogen and oxygen atoms in total. The van der Waals surface area contributed by atoms with Crippen molar-refractivity contribution in [2.45, 2.75) is 31.7 Å². The number of amides is 2. The van der Waals surface area contributed by atoms with Gasteiger partial charge in [0.05, 0.1) is 24.0 Å². The van der Waals surface area contributed by atoms with Crippen LogP contribution in [0.1, 0.15) is 30.3 Å². The summed E-state index contributed by atoms with van der Waals surface area (Å²) in [5.41, 5.74) is 0.935. The van der Waals surface area contributed by atoms with Crippen molar-refractivity contribution in [3.05, 3.63) is 52.2 Å². The van der Waals surface area contributed by atoms with E-state index in [4.69, 9.17) is 0 Å². The van der Waals surface area contributed by atoms with Crippen LogP contribution in [0.4, 0.5) is 0 Å². The predicted molar refractivity (Wildman–Crippen MR) is 109 cm³/mol. The van der Waals surface area contributed by atoms with Crippen LogP contribution in [0.5, 0.6) is 0 Å². The van der Waals surface area contributed by atoms with E-state index in [2.05, 4.69) is 15.4 Å². The molecular weight excluding hydrogens is 398 g/mol. The Labute approximate surface area is 169 Å². The highest BCUT2D eigenvalue weighted by molar-refractivity contribution is 7.89. The van der Waals surface area contributed by atoms with Crippen LogP contribution in [0.3, 0.4) is 0 Å². The van der Waals surface area contributed by atoms with Gasteiger partial charge in [-0.25, -0.2) is 13.1 Å². The molecule has 0 saturated carbocycles. The van der Waals surface area contributed by atoms with E-state index < -0.39 is 22.5 Å². The fourth-order valence-electron chi connectivity index (χ4n) is 2.46. The summed E-state index contributed by atoms with van der Waals surface area (Å²) in [6.07, 6.45) is 0. The molecule has 9 heteroatoms. The SMILES string of the molecule is Cc1ccc(S(=O)(=O)NCC(=O)NCC(=O)N[C@H](c2cccs2)C(C)C)cc1. The zero-order chi connectivity index (χ0) is 20.7. The molecule has 0 bridgehead atoms. The van der Waals surface area contributed by atoms with Crippen molar-refractivity contribution in [1.82, 2.24) is 15.4 Å². The van der Waals surface area contributed by atoms with Crippen molar-refractivity contribution >= 4 is 33.2 Å². The topological polar surface area (TPSA) is 104 Å². The maximum Gasteiger partial charge on any atom is 0.241 e. The molecule has 1 aromatic heterocycles. The molecule has 0 spiro atoms. The number of benzene rings is 1. The molecule has 0 aliphatic rings. The number of sulfonamides is 1. The smallest absolute Gasteiger partial charge is 0.241 e. The molecule has 0 unspecified atom stereocenters. The van der Waals surface area contributed by atoms with Gasteiger partial charge in [0, 0.05) is 4.88 Å². The molecule has 152 valence electrons. The van der Waals surface area contributed by atoms with Gasteiger partial charge in [-0.15, -0.1) is 11.3 Å². The van der Waals surface area contributed by atoms with E-state index in [1.165, 1.54) is 12.1 Å². The first-order chi connectivity index (χ1) is 13.2. The number of hydrogen-bond acceptors (Lipinski definition) is 5. The molecule has 1 aromatic carbocycles. The third-order valence-electron chi connectivity index (χ3n) is 4.03. The van der Waals surface area contributed by atoms with E-state index in [0.717, 1.165) is 10.4 Å². The van der Waals surface area contributed by atoms with Gasteiger partial charge in [-0.1, -0.05) is 37.6 Å². The van der Waals surface area contributed by atoms with Crippen LogP contribution in [0.25, 0.3) is 0 Å². The Bertz CT molecular complexity index is 892. The highest BCUT2D eigenvalue weighted by Crippen LogP contribution is 2.25. The van der Waals surface area contributed by atoms with Gasteiger partial charge in [0.25, 0.3) is 0 Å². The Morgan fingerprint density at radius 1 is 1.04 bits per heavy atom. The summed E-state index contributed by atoms with van der Waals surface area (Å²) in [7, 11) is -3.78. The molecule has 0 radical (unpaired) electrons. The van der Waals surface area contributed by atoms with Crippen molar-refractivity contribution in [2.75, 3.05) is 13.1 Å². The Morgan fingerprint density at radius 2 is 1.71 bits per heavy atom. The van der Waals surface area contributed by atoms with Crippen molar-refractivity contribution in [3.8, 4) is 0 Å². The van der Waals surface area contributed by atoms with Gasteiger partial charge < -0.3 is 10.6 Å². The molecule has 1 atom stereocenters. The maximum atomic E-state index is 12.2. The largest absolute Gasteiger partial charge is 0.347 e. The molecule has 0 saturated heterocycles. The molecule has 1 heterocycles. The normalized spacial score (nSPS) is 12.6. The van der Waals surface area contributed by atoms with Gasteiger partial charge in [-0.05, 0) is 36.4 Å². The number of aryl methyl sites for hydroxylation is 1. The van der Waals surface area contributed by atoms with Gasteiger partial charge in [0.1, 0.15) is 0 Å². The lowest BCUT2D eigenvalue weighted by molar-refractivity contribution is -0.126. The lowest BCUT2D eigenvalue weighted by atomic mass is 10.0. The number of nitrogens with one attached hydrogen (secondary N) is 3. The highest BCUT2D eigenvalue weighted by atomic mass is 32.2. The van der Waals surface area contributed by atoms with Gasteiger partial charge in [-0.3, -0.25) is 9.59 Å². The second-order valence-electron chi connectivity index (χ2n) is 6.72. The molecule has 0 fully saturated rings. The summed E-state index contributed by atoms with van der Waals surface area (Å²) in [5.74, 6) is -0.718. The molecule has 2 rings (SSSR count). The van der Waals surface area contributed by atoms with Crippen molar-refractivity contribution in [1.29, 1.82) is 0 Å². The van der Waals surface area contributed by atoms with E-state index in [0.29, 0.717) is 0 Å². The van der Waals surface area contributed by atoms with Gasteiger partial charge in [-0.2, -0.15) is 0 Å². The average molecular weight is 424 g/mol. The van der Waals surface area contributed by atoms with Crippen molar-refractivity contribution in [3.63, 3.8) is 0 Å². The fourth-order valence-corrected chi connectivity index (χ4v) is 4.39. The number of carbonyl (C=O) groups is 2. The van der Waals surface area contributed by atoms with E-state index >= 15 is 0 Å². The summed E-state index contributed by atoms with van der Waals surface area (Å²) < 4.78 is 26.6. The van der Waals surface area contributed by atoms with E-state index in [-0.39, 0.29) is 29.3 Å². The number of carbonyl (C=O) groups excluding carboxylic acids is 2. The minimum atomic E-state index is -3.78. The average Bonchev–Trinajstić information content (AvgIpc) is 3.17. The van der Waals surface area contributed by atoms with E-state index in [1.807, 2.05) is 38.3 Å². The van der Waals surface area contributed by atoms with E-state index in [9.17, 15) is 18.0 Å². The number of thiophene rings is 1. The summed E-state index contributed by atoms with van der Waals surface area (Å²) in [6, 6.07) is 10.0. The van der Waals surface area contributed by atoms with Crippen LogP contribution in [0, 0.1) is 12.8 Å². The van der Waals surface area contributed by atoms with Crippen LogP contribution in [-0.4, -0.2) is 33.3 Å². The Hall–Kier alpha value is -2.23. The lowest BCUT2D eigenvalue weighted by Gasteiger charge is -2.21. The zero-order valence-electron chi connectivity index (χ0n) is 16.1. The molecule has 3 N–H and O–H groups in total. The molecule has 0 aliphatic carbocycles. The standard InChI is InChI=1S/C19H25N3O4S2/c1-13(2)19(16-5-4-10-27-16)22-18(24)11-20-17(23)12-21-28(25,26)15-8-6-14(3)7-9-15/h4-10,13,19,21H,11-12H2,1-3H3,(H,20,23)(H,22,24)/t19-/m0/s1. The first kappa shape index (κ1) is 22.1. The monoisotopic (exact) mass is 423 g/mol. The molecular formula is C19H25N3O4S2. The van der Waals surface area contributed by atoms with E-state index in [1.54, 1.807) is 23.5 Å². The Balaban J connectivity index is 1.81. The molecule has 2 aromatic rings. The molecule has 28 heavy (non-hydrogen) atoms. The van der Waals surface area contributed by atoms with Crippen LogP contribution in [0.2, 0.25) is 0 Å². The van der Waals surface area contributed by atoms with Crippen molar-refractivity contribution in [2.24, 2.45) is 5.92 Å². The molecule has 0 aliphatic heterocycles. The second kappa shape index (κ2) is 9.81. The third-order valence-corrected chi connectivity index (χ3v) is 6.41. The first-order valence-corrected chi connectivity index (χ1v) is 11.2. The minimum absolute atomic E-state index is 0.0827. The Kier molecular flexibility index (Phi) is 7.73. The summed E-state index contributed by atoms with van der Waals surface area (Å²) in [5, 5.41) is 7.27. The number of rotatable bonds is 9. The summed E-state index contributed by atoms with van der Waals surface area (Å²) >= 11 is 1.56. The zero-order valence-corrected chi connectivity index (χ0v) is 17.7. The van der Waals surface area contributed by atoms with Gasteiger partial charge in [0.2, 0.25) is 21.8 Å². The Morgan fingerprint density at radius 3 is 2.29 bits per heavy atom. The second-order valence-corrected chi connectivity index (χ2v) is 9.47. The lowest BCUT2D eigenvalue weighted by Crippen LogP contribution is -2.43.